The van der Waals surface area contributed by atoms with Gasteiger partial charge in [-0.25, -0.2) is 9.50 Å². The van der Waals surface area contributed by atoms with Gasteiger partial charge in [0.25, 0.3) is 0 Å². The Morgan fingerprint density at radius 3 is 2.83 bits per heavy atom. The number of piperidine rings is 1. The lowest BCUT2D eigenvalue weighted by atomic mass is 9.96. The molecule has 2 N–H and O–H groups in total. The van der Waals surface area contributed by atoms with Gasteiger partial charge in [-0.1, -0.05) is 6.07 Å². The van der Waals surface area contributed by atoms with E-state index in [2.05, 4.69) is 15.0 Å². The molecule has 2 aromatic rings. The summed E-state index contributed by atoms with van der Waals surface area (Å²) in [6.45, 7) is 3.97. The molecule has 2 aromatic heterocycles. The van der Waals surface area contributed by atoms with Crippen molar-refractivity contribution in [2.24, 2.45) is 5.73 Å². The Balaban J connectivity index is 1.72. The number of hydrogen-bond acceptors (Lipinski definition) is 4. The molecule has 3 heterocycles. The number of fused-ring (bicyclic) bond motifs is 1. The van der Waals surface area contributed by atoms with Crippen LogP contribution in [0.3, 0.4) is 0 Å². The molecule has 0 radical (unpaired) electrons. The molecule has 1 aliphatic rings. The fraction of sp³-hybridized carbons (Fsp3) is 0.538. The van der Waals surface area contributed by atoms with Crippen LogP contribution >= 0.6 is 0 Å². The molecule has 0 bridgehead atoms. The minimum atomic E-state index is 0.499. The van der Waals surface area contributed by atoms with Crippen molar-refractivity contribution in [2.45, 2.75) is 18.8 Å². The number of pyridine rings is 1. The summed E-state index contributed by atoms with van der Waals surface area (Å²) < 4.78 is 1.86. The molecule has 0 atom stereocenters. The molecule has 96 valence electrons. The largest absolute Gasteiger partial charge is 0.329 e. The molecule has 1 fully saturated rings. The van der Waals surface area contributed by atoms with E-state index in [9.17, 15) is 0 Å². The van der Waals surface area contributed by atoms with E-state index in [4.69, 9.17) is 5.73 Å². The van der Waals surface area contributed by atoms with Crippen molar-refractivity contribution in [3.8, 4) is 0 Å². The average molecular weight is 245 g/mol. The van der Waals surface area contributed by atoms with E-state index in [-0.39, 0.29) is 0 Å². The van der Waals surface area contributed by atoms with Crippen LogP contribution in [0.15, 0.2) is 24.4 Å². The second-order valence-corrected chi connectivity index (χ2v) is 4.88. The normalized spacial score (nSPS) is 18.5. The zero-order valence-corrected chi connectivity index (χ0v) is 10.5. The predicted octanol–water partition coefficient (Wildman–Crippen LogP) is 0.867. The van der Waals surface area contributed by atoms with Crippen molar-refractivity contribution in [1.82, 2.24) is 19.5 Å². The molecule has 5 nitrogen and oxygen atoms in total. The molecule has 3 rings (SSSR count). The fourth-order valence-corrected chi connectivity index (χ4v) is 2.62. The number of aromatic nitrogens is 3. The molecule has 0 saturated carbocycles. The molecule has 0 spiro atoms. The highest BCUT2D eigenvalue weighted by molar-refractivity contribution is 5.36. The van der Waals surface area contributed by atoms with Crippen molar-refractivity contribution < 1.29 is 0 Å². The zero-order chi connectivity index (χ0) is 12.4. The van der Waals surface area contributed by atoms with Crippen LogP contribution in [0.1, 0.15) is 24.6 Å². The van der Waals surface area contributed by atoms with Gasteiger partial charge in [0, 0.05) is 25.2 Å². The second-order valence-electron chi connectivity index (χ2n) is 4.88. The molecule has 1 aliphatic heterocycles. The predicted molar refractivity (Wildman–Crippen MR) is 70.5 cm³/mol. The van der Waals surface area contributed by atoms with Crippen LogP contribution in [0.4, 0.5) is 0 Å². The zero-order valence-electron chi connectivity index (χ0n) is 10.5. The van der Waals surface area contributed by atoms with Gasteiger partial charge >= 0.3 is 0 Å². The number of hydrogen-bond donors (Lipinski definition) is 1. The highest BCUT2D eigenvalue weighted by Gasteiger charge is 2.23. The Kier molecular flexibility index (Phi) is 3.25. The van der Waals surface area contributed by atoms with E-state index >= 15 is 0 Å². The number of nitrogens with zero attached hydrogens (tertiary/aromatic N) is 4. The quantitative estimate of drug-likeness (QED) is 0.871. The van der Waals surface area contributed by atoms with E-state index in [1.54, 1.807) is 0 Å². The fourth-order valence-electron chi connectivity index (χ4n) is 2.62. The van der Waals surface area contributed by atoms with Crippen LogP contribution in [0, 0.1) is 0 Å². The van der Waals surface area contributed by atoms with Crippen LogP contribution in [0.2, 0.25) is 0 Å². The molecule has 5 heteroatoms. The van der Waals surface area contributed by atoms with Crippen molar-refractivity contribution >= 4 is 5.65 Å². The molecule has 18 heavy (non-hydrogen) atoms. The van der Waals surface area contributed by atoms with Gasteiger partial charge in [-0.2, -0.15) is 5.10 Å². The number of rotatable bonds is 3. The summed E-state index contributed by atoms with van der Waals surface area (Å²) in [5, 5.41) is 4.57. The highest BCUT2D eigenvalue weighted by Crippen LogP contribution is 2.25. The minimum Gasteiger partial charge on any atom is -0.329 e. The van der Waals surface area contributed by atoms with Crippen molar-refractivity contribution in [3.63, 3.8) is 0 Å². The van der Waals surface area contributed by atoms with Crippen molar-refractivity contribution in [3.05, 3.63) is 30.2 Å². The van der Waals surface area contributed by atoms with Crippen molar-refractivity contribution in [2.75, 3.05) is 26.2 Å². The third-order valence-corrected chi connectivity index (χ3v) is 3.66. The van der Waals surface area contributed by atoms with Gasteiger partial charge in [0.2, 0.25) is 0 Å². The molecule has 0 unspecified atom stereocenters. The third-order valence-electron chi connectivity index (χ3n) is 3.66. The lowest BCUT2D eigenvalue weighted by molar-refractivity contribution is 0.214. The molecule has 0 aliphatic carbocycles. The van der Waals surface area contributed by atoms with Gasteiger partial charge in [0.05, 0.1) is 0 Å². The lowest BCUT2D eigenvalue weighted by Crippen LogP contribution is -2.36. The van der Waals surface area contributed by atoms with Crippen LogP contribution in [-0.4, -0.2) is 45.7 Å². The van der Waals surface area contributed by atoms with E-state index in [1.807, 2.05) is 28.9 Å². The average Bonchev–Trinajstić information content (AvgIpc) is 2.84. The maximum absolute atomic E-state index is 5.59. The Morgan fingerprint density at radius 2 is 2.11 bits per heavy atom. The second kappa shape index (κ2) is 5.04. The molecular weight excluding hydrogens is 226 g/mol. The van der Waals surface area contributed by atoms with Crippen LogP contribution in [0.25, 0.3) is 5.65 Å². The van der Waals surface area contributed by atoms with Gasteiger partial charge in [-0.3, -0.25) is 0 Å². The third kappa shape index (κ3) is 2.23. The summed E-state index contributed by atoms with van der Waals surface area (Å²) in [5.41, 5.74) is 6.53. The summed E-state index contributed by atoms with van der Waals surface area (Å²) in [5.74, 6) is 1.49. The molecule has 0 amide bonds. The number of nitrogens with two attached hydrogens (primary N) is 1. The first-order valence-corrected chi connectivity index (χ1v) is 6.60. The van der Waals surface area contributed by atoms with Crippen LogP contribution in [0.5, 0.6) is 0 Å². The van der Waals surface area contributed by atoms with Crippen LogP contribution in [-0.2, 0) is 0 Å². The molecule has 1 saturated heterocycles. The van der Waals surface area contributed by atoms with E-state index < -0.39 is 0 Å². The number of likely N-dealkylation sites (tertiary alicyclic amines) is 1. The summed E-state index contributed by atoms with van der Waals surface area (Å²) in [4.78, 5) is 7.04. The summed E-state index contributed by atoms with van der Waals surface area (Å²) in [6, 6.07) is 5.98. The summed E-state index contributed by atoms with van der Waals surface area (Å²) in [6.07, 6.45) is 4.23. The minimum absolute atomic E-state index is 0.499. The summed E-state index contributed by atoms with van der Waals surface area (Å²) >= 11 is 0. The maximum atomic E-state index is 5.59. The van der Waals surface area contributed by atoms with Gasteiger partial charge in [-0.15, -0.1) is 0 Å². The SMILES string of the molecule is NCCN1CCC(c2nc3ccccn3n2)CC1. The maximum Gasteiger partial charge on any atom is 0.155 e. The first-order chi connectivity index (χ1) is 8.86. The first kappa shape index (κ1) is 11.6. The first-order valence-electron chi connectivity index (χ1n) is 6.60. The molecular formula is C13H19N5. The molecule has 0 aromatic carbocycles. The Labute approximate surface area is 107 Å². The van der Waals surface area contributed by atoms with Gasteiger partial charge < -0.3 is 10.6 Å². The lowest BCUT2D eigenvalue weighted by Gasteiger charge is -2.30. The smallest absolute Gasteiger partial charge is 0.155 e. The van der Waals surface area contributed by atoms with E-state index in [0.29, 0.717) is 5.92 Å². The Hall–Kier alpha value is -1.46. The van der Waals surface area contributed by atoms with E-state index in [1.165, 1.54) is 0 Å². The topological polar surface area (TPSA) is 59.5 Å². The van der Waals surface area contributed by atoms with Gasteiger partial charge in [0.1, 0.15) is 0 Å². The standard InChI is InChI=1S/C13H19N5/c14-6-10-17-8-4-11(5-9-17)13-15-12-3-1-2-7-18(12)16-13/h1-3,7,11H,4-6,8-10,14H2. The van der Waals surface area contributed by atoms with E-state index in [0.717, 1.165) is 50.5 Å². The Bertz CT molecular complexity index is 480. The highest BCUT2D eigenvalue weighted by atomic mass is 15.3. The Morgan fingerprint density at radius 1 is 1.28 bits per heavy atom. The van der Waals surface area contributed by atoms with Crippen LogP contribution < -0.4 is 5.73 Å². The van der Waals surface area contributed by atoms with Gasteiger partial charge in [-0.05, 0) is 38.1 Å². The van der Waals surface area contributed by atoms with Crippen molar-refractivity contribution in [1.29, 1.82) is 0 Å². The summed E-state index contributed by atoms with van der Waals surface area (Å²) in [7, 11) is 0. The van der Waals surface area contributed by atoms with Gasteiger partial charge in [0.15, 0.2) is 11.5 Å². The monoisotopic (exact) mass is 245 g/mol.